The summed E-state index contributed by atoms with van der Waals surface area (Å²) in [5.74, 6) is -0.380. The predicted octanol–water partition coefficient (Wildman–Crippen LogP) is 1.57. The Kier molecular flexibility index (Phi) is 6.76. The standard InChI is InChI=1S/C19H25F3N4O3/c1-2-8-25-17(27)11-24(12-18(25)28)26-9-7-23-10-15(26)14-5-3-4-6-16(14)29-13-19(20,21)22/h3-6,15,23H,2,7-13H2,1H3. The molecule has 29 heavy (non-hydrogen) atoms. The molecule has 1 aromatic carbocycles. The van der Waals surface area contributed by atoms with Gasteiger partial charge in [-0.2, -0.15) is 13.2 Å². The van der Waals surface area contributed by atoms with Gasteiger partial charge < -0.3 is 10.1 Å². The molecule has 2 amide bonds. The molecule has 10 heteroatoms. The number of halogens is 3. The molecule has 1 unspecified atom stereocenters. The maximum absolute atomic E-state index is 12.6. The molecule has 2 saturated heterocycles. The molecule has 1 N–H and O–H groups in total. The second kappa shape index (κ2) is 9.10. The van der Waals surface area contributed by atoms with Crippen LogP contribution in [0.5, 0.6) is 5.75 Å². The van der Waals surface area contributed by atoms with E-state index in [2.05, 4.69) is 5.32 Å². The first kappa shape index (κ1) is 21.5. The average molecular weight is 414 g/mol. The number of para-hydroxylation sites is 1. The number of nitrogens with zero attached hydrogens (tertiary/aromatic N) is 3. The third kappa shape index (κ3) is 5.26. The van der Waals surface area contributed by atoms with Gasteiger partial charge >= 0.3 is 6.18 Å². The van der Waals surface area contributed by atoms with Crippen molar-refractivity contribution in [3.8, 4) is 5.75 Å². The van der Waals surface area contributed by atoms with Crippen molar-refractivity contribution in [3.63, 3.8) is 0 Å². The smallest absolute Gasteiger partial charge is 0.422 e. The van der Waals surface area contributed by atoms with Crippen LogP contribution in [0.4, 0.5) is 13.2 Å². The molecule has 2 heterocycles. The molecule has 0 radical (unpaired) electrons. The van der Waals surface area contributed by atoms with E-state index in [-0.39, 0.29) is 36.7 Å². The van der Waals surface area contributed by atoms with Gasteiger partial charge in [-0.15, -0.1) is 0 Å². The number of imide groups is 1. The van der Waals surface area contributed by atoms with Crippen LogP contribution in [0, 0.1) is 0 Å². The zero-order chi connectivity index (χ0) is 21.0. The van der Waals surface area contributed by atoms with Gasteiger partial charge in [0.2, 0.25) is 11.8 Å². The van der Waals surface area contributed by atoms with Gasteiger partial charge in [0.25, 0.3) is 0 Å². The van der Waals surface area contributed by atoms with Crippen molar-refractivity contribution in [1.82, 2.24) is 20.2 Å². The van der Waals surface area contributed by atoms with E-state index in [1.807, 2.05) is 11.9 Å². The van der Waals surface area contributed by atoms with Crippen molar-refractivity contribution in [3.05, 3.63) is 29.8 Å². The third-order valence-corrected chi connectivity index (χ3v) is 4.93. The van der Waals surface area contributed by atoms with E-state index in [4.69, 9.17) is 4.74 Å². The summed E-state index contributed by atoms with van der Waals surface area (Å²) in [6.45, 7) is 2.66. The number of piperazine rings is 2. The summed E-state index contributed by atoms with van der Waals surface area (Å²) in [5, 5.41) is 6.82. The number of hydrogen-bond acceptors (Lipinski definition) is 6. The highest BCUT2D eigenvalue weighted by Gasteiger charge is 2.38. The molecule has 0 saturated carbocycles. The van der Waals surface area contributed by atoms with Crippen LogP contribution in [0.3, 0.4) is 0 Å². The van der Waals surface area contributed by atoms with Crippen LogP contribution in [0.15, 0.2) is 24.3 Å². The van der Waals surface area contributed by atoms with Gasteiger partial charge in [0.05, 0.1) is 19.1 Å². The Bertz CT molecular complexity index is 726. The maximum Gasteiger partial charge on any atom is 0.422 e. The molecule has 0 bridgehead atoms. The molecular formula is C19H25F3N4O3. The Morgan fingerprint density at radius 2 is 1.86 bits per heavy atom. The minimum atomic E-state index is -4.44. The number of hydrogen-bond donors (Lipinski definition) is 1. The average Bonchev–Trinajstić information content (AvgIpc) is 2.69. The van der Waals surface area contributed by atoms with Gasteiger partial charge in [0, 0.05) is 31.7 Å². The van der Waals surface area contributed by atoms with E-state index in [1.165, 1.54) is 11.0 Å². The summed E-state index contributed by atoms with van der Waals surface area (Å²) < 4.78 is 42.9. The molecule has 0 spiro atoms. The lowest BCUT2D eigenvalue weighted by Crippen LogP contribution is -2.62. The van der Waals surface area contributed by atoms with E-state index in [0.717, 1.165) is 0 Å². The Labute approximate surface area is 167 Å². The Morgan fingerprint density at radius 1 is 1.17 bits per heavy atom. The predicted molar refractivity (Wildman–Crippen MR) is 98.9 cm³/mol. The number of carbonyl (C=O) groups is 2. The van der Waals surface area contributed by atoms with Crippen LogP contribution in [-0.2, 0) is 9.59 Å². The fourth-order valence-corrected chi connectivity index (χ4v) is 3.68. The first-order chi connectivity index (χ1) is 13.8. The lowest BCUT2D eigenvalue weighted by Gasteiger charge is -2.45. The molecule has 0 aromatic heterocycles. The fourth-order valence-electron chi connectivity index (χ4n) is 3.68. The van der Waals surface area contributed by atoms with Gasteiger partial charge in [0.15, 0.2) is 6.61 Å². The number of benzene rings is 1. The molecule has 160 valence electrons. The van der Waals surface area contributed by atoms with Gasteiger partial charge in [-0.05, 0) is 12.5 Å². The number of carbonyl (C=O) groups excluding carboxylic acids is 2. The minimum absolute atomic E-state index is 0.0633. The quantitative estimate of drug-likeness (QED) is 0.713. The monoisotopic (exact) mass is 414 g/mol. The number of amides is 2. The van der Waals surface area contributed by atoms with Crippen LogP contribution >= 0.6 is 0 Å². The first-order valence-electron chi connectivity index (χ1n) is 9.64. The summed E-state index contributed by atoms with van der Waals surface area (Å²) in [6.07, 6.45) is -3.75. The minimum Gasteiger partial charge on any atom is -0.484 e. The molecular weight excluding hydrogens is 389 g/mol. The zero-order valence-corrected chi connectivity index (χ0v) is 16.2. The van der Waals surface area contributed by atoms with Crippen LogP contribution in [0.25, 0.3) is 0 Å². The van der Waals surface area contributed by atoms with Gasteiger partial charge in [0.1, 0.15) is 5.75 Å². The summed E-state index contributed by atoms with van der Waals surface area (Å²) in [6, 6.07) is 6.22. The van der Waals surface area contributed by atoms with Gasteiger partial charge in [-0.25, -0.2) is 10.0 Å². The second-order valence-electron chi connectivity index (χ2n) is 7.09. The number of alkyl halides is 3. The Morgan fingerprint density at radius 3 is 2.52 bits per heavy atom. The van der Waals surface area contributed by atoms with Crippen molar-refractivity contribution in [2.45, 2.75) is 25.6 Å². The van der Waals surface area contributed by atoms with E-state index in [0.29, 0.717) is 38.2 Å². The van der Waals surface area contributed by atoms with E-state index in [9.17, 15) is 22.8 Å². The topological polar surface area (TPSA) is 65.1 Å². The van der Waals surface area contributed by atoms with Crippen LogP contribution in [0.2, 0.25) is 0 Å². The molecule has 3 rings (SSSR count). The van der Waals surface area contributed by atoms with Crippen molar-refractivity contribution in [2.75, 3.05) is 45.9 Å². The molecule has 2 aliphatic heterocycles. The fraction of sp³-hybridized carbons (Fsp3) is 0.579. The maximum atomic E-state index is 12.6. The first-order valence-corrected chi connectivity index (χ1v) is 9.64. The molecule has 2 fully saturated rings. The Balaban J connectivity index is 1.81. The summed E-state index contributed by atoms with van der Waals surface area (Å²) >= 11 is 0. The van der Waals surface area contributed by atoms with Gasteiger partial charge in [-0.3, -0.25) is 14.5 Å². The van der Waals surface area contributed by atoms with Gasteiger partial charge in [-0.1, -0.05) is 25.1 Å². The van der Waals surface area contributed by atoms with E-state index >= 15 is 0 Å². The second-order valence-corrected chi connectivity index (χ2v) is 7.09. The summed E-state index contributed by atoms with van der Waals surface area (Å²) in [4.78, 5) is 26.2. The number of nitrogens with one attached hydrogen (secondary N) is 1. The lowest BCUT2D eigenvalue weighted by molar-refractivity contribution is -0.166. The molecule has 2 aliphatic rings. The number of ether oxygens (including phenoxy) is 1. The molecule has 1 aromatic rings. The largest absolute Gasteiger partial charge is 0.484 e. The summed E-state index contributed by atoms with van der Waals surface area (Å²) in [5.41, 5.74) is 0.583. The van der Waals surface area contributed by atoms with E-state index < -0.39 is 12.8 Å². The molecule has 7 nitrogen and oxygen atoms in total. The van der Waals surface area contributed by atoms with Crippen molar-refractivity contribution < 1.29 is 27.5 Å². The summed E-state index contributed by atoms with van der Waals surface area (Å²) in [7, 11) is 0. The highest BCUT2D eigenvalue weighted by atomic mass is 19.4. The zero-order valence-electron chi connectivity index (χ0n) is 16.2. The Hall–Kier alpha value is -2.17. The van der Waals surface area contributed by atoms with Crippen molar-refractivity contribution in [2.24, 2.45) is 0 Å². The van der Waals surface area contributed by atoms with Crippen LogP contribution in [0.1, 0.15) is 24.9 Å². The molecule has 1 atom stereocenters. The lowest BCUT2D eigenvalue weighted by atomic mass is 10.0. The number of rotatable bonds is 6. The van der Waals surface area contributed by atoms with Crippen molar-refractivity contribution in [1.29, 1.82) is 0 Å². The SMILES string of the molecule is CCCN1C(=O)CN(N2CCNCC2c2ccccc2OCC(F)(F)F)CC1=O. The normalized spacial score (nSPS) is 22.2. The highest BCUT2D eigenvalue weighted by molar-refractivity contribution is 5.99. The van der Waals surface area contributed by atoms with Crippen molar-refractivity contribution >= 4 is 11.8 Å². The van der Waals surface area contributed by atoms with Crippen LogP contribution < -0.4 is 10.1 Å². The van der Waals surface area contributed by atoms with Crippen LogP contribution in [-0.4, -0.2) is 78.8 Å². The molecule has 0 aliphatic carbocycles. The van der Waals surface area contributed by atoms with E-state index in [1.54, 1.807) is 23.2 Å². The third-order valence-electron chi connectivity index (χ3n) is 4.93. The highest BCUT2D eigenvalue weighted by Crippen LogP contribution is 2.32. The number of hydrazine groups is 1.